The Morgan fingerprint density at radius 3 is 2.38 bits per heavy atom. The molecule has 0 N–H and O–H groups in total. The minimum atomic E-state index is -0.555. The zero-order valence-corrected chi connectivity index (χ0v) is 19.9. The number of hydrogen-bond acceptors (Lipinski definition) is 4. The fourth-order valence-electron chi connectivity index (χ4n) is 4.39. The molecule has 0 saturated carbocycles. The van der Waals surface area contributed by atoms with E-state index in [1.807, 2.05) is 93.6 Å². The highest BCUT2D eigenvalue weighted by atomic mass is 16.6. The molecule has 4 rings (SSSR count). The van der Waals surface area contributed by atoms with Gasteiger partial charge in [-0.3, -0.25) is 4.79 Å². The maximum absolute atomic E-state index is 13.5. The third kappa shape index (κ3) is 5.30. The van der Waals surface area contributed by atoms with Gasteiger partial charge in [0.05, 0.1) is 6.04 Å². The Hall–Kier alpha value is -3.60. The minimum absolute atomic E-state index is 0.120. The van der Waals surface area contributed by atoms with Gasteiger partial charge in [0.1, 0.15) is 19.0 Å². The summed E-state index contributed by atoms with van der Waals surface area (Å²) in [6, 6.07) is 25.7. The van der Waals surface area contributed by atoms with Gasteiger partial charge >= 0.3 is 6.09 Å². The van der Waals surface area contributed by atoms with Crippen LogP contribution >= 0.6 is 0 Å². The summed E-state index contributed by atoms with van der Waals surface area (Å²) in [5, 5.41) is 0. The maximum Gasteiger partial charge on any atom is 0.416 e. The van der Waals surface area contributed by atoms with Crippen molar-refractivity contribution in [2.45, 2.75) is 45.8 Å². The fraction of sp³-hybridized carbons (Fsp3) is 0.310. The molecule has 5 nitrogen and oxygen atoms in total. The van der Waals surface area contributed by atoms with E-state index in [0.29, 0.717) is 6.61 Å². The van der Waals surface area contributed by atoms with Crippen LogP contribution in [0, 0.1) is 12.8 Å². The Bertz CT molecular complexity index is 1130. The molecule has 3 aromatic rings. The summed E-state index contributed by atoms with van der Waals surface area (Å²) in [7, 11) is 0. The average Bonchev–Trinajstić information content (AvgIpc) is 3.24. The smallest absolute Gasteiger partial charge is 0.416 e. The summed E-state index contributed by atoms with van der Waals surface area (Å²) in [6.07, 6.45) is -0.409. The number of benzene rings is 3. The molecule has 1 saturated heterocycles. The van der Waals surface area contributed by atoms with Crippen molar-refractivity contribution in [2.24, 2.45) is 5.92 Å². The van der Waals surface area contributed by atoms with E-state index >= 15 is 0 Å². The van der Waals surface area contributed by atoms with Crippen molar-refractivity contribution in [1.29, 1.82) is 0 Å². The average molecular weight is 458 g/mol. The van der Waals surface area contributed by atoms with Gasteiger partial charge < -0.3 is 9.47 Å². The first kappa shape index (κ1) is 23.6. The number of aryl methyl sites for hydroxylation is 1. The van der Waals surface area contributed by atoms with Gasteiger partial charge in [-0.1, -0.05) is 92.2 Å². The Labute approximate surface area is 201 Å². The fourth-order valence-corrected chi connectivity index (χ4v) is 4.39. The molecule has 0 radical (unpaired) electrons. The molecule has 34 heavy (non-hydrogen) atoms. The van der Waals surface area contributed by atoms with Crippen LogP contribution < -0.4 is 4.74 Å². The summed E-state index contributed by atoms with van der Waals surface area (Å²) in [5.41, 5.74) is 4.08. The van der Waals surface area contributed by atoms with Crippen molar-refractivity contribution in [1.82, 2.24) is 4.90 Å². The molecule has 0 aliphatic carbocycles. The second kappa shape index (κ2) is 10.6. The van der Waals surface area contributed by atoms with Crippen molar-refractivity contribution < 1.29 is 19.1 Å². The highest BCUT2D eigenvalue weighted by Crippen LogP contribution is 2.37. The first-order valence-corrected chi connectivity index (χ1v) is 11.7. The van der Waals surface area contributed by atoms with E-state index in [0.717, 1.165) is 28.0 Å². The number of hydrogen-bond donors (Lipinski definition) is 0. The predicted molar refractivity (Wildman–Crippen MR) is 132 cm³/mol. The van der Waals surface area contributed by atoms with Crippen LogP contribution in [0.3, 0.4) is 0 Å². The van der Waals surface area contributed by atoms with Crippen LogP contribution in [0.1, 0.15) is 48.4 Å². The third-order valence-corrected chi connectivity index (χ3v) is 6.30. The van der Waals surface area contributed by atoms with Crippen molar-refractivity contribution in [3.8, 4) is 5.75 Å². The molecule has 1 aliphatic heterocycles. The zero-order chi connectivity index (χ0) is 24.1. The molecule has 0 aromatic heterocycles. The van der Waals surface area contributed by atoms with E-state index < -0.39 is 6.09 Å². The number of rotatable bonds is 8. The molecular weight excluding hydrogens is 426 g/mol. The highest BCUT2D eigenvalue weighted by Gasteiger charge is 2.40. The van der Waals surface area contributed by atoms with Crippen molar-refractivity contribution >= 4 is 12.0 Å². The van der Waals surface area contributed by atoms with Crippen LogP contribution in [0.15, 0.2) is 78.9 Å². The first-order chi connectivity index (χ1) is 16.4. The lowest BCUT2D eigenvalue weighted by atomic mass is 9.86. The predicted octanol–water partition coefficient (Wildman–Crippen LogP) is 6.10. The number of imide groups is 1. The number of carbonyl (C=O) groups excluding carboxylic acids is 2. The second-order valence-electron chi connectivity index (χ2n) is 9.13. The van der Waals surface area contributed by atoms with Crippen LogP contribution in [-0.4, -0.2) is 29.5 Å². The standard InChI is InChI=1S/C29H31NO4/c1-20(2)26-19-34-29(32)30(26)28(31)17-24(23-12-8-5-9-13-23)25-16-21(3)14-15-27(25)33-18-22-10-6-4-7-11-22/h4-16,20,24,26H,17-19H2,1-3H3/t24-,26+/m1/s1. The molecule has 1 heterocycles. The van der Waals surface area contributed by atoms with E-state index in [1.54, 1.807) is 0 Å². The largest absolute Gasteiger partial charge is 0.489 e. The topological polar surface area (TPSA) is 55.8 Å². The number of cyclic esters (lactones) is 1. The van der Waals surface area contributed by atoms with Gasteiger partial charge in [-0.05, 0) is 30.0 Å². The molecule has 2 amide bonds. The van der Waals surface area contributed by atoms with E-state index in [1.165, 1.54) is 4.90 Å². The van der Waals surface area contributed by atoms with Gasteiger partial charge in [0.25, 0.3) is 0 Å². The van der Waals surface area contributed by atoms with Crippen LogP contribution in [-0.2, 0) is 16.1 Å². The van der Waals surface area contributed by atoms with Crippen LogP contribution in [0.2, 0.25) is 0 Å². The molecule has 0 unspecified atom stereocenters. The third-order valence-electron chi connectivity index (χ3n) is 6.30. The molecule has 0 spiro atoms. The van der Waals surface area contributed by atoms with E-state index in [4.69, 9.17) is 9.47 Å². The Balaban J connectivity index is 1.67. The minimum Gasteiger partial charge on any atom is -0.489 e. The molecule has 2 atom stereocenters. The van der Waals surface area contributed by atoms with Crippen molar-refractivity contribution in [3.63, 3.8) is 0 Å². The van der Waals surface area contributed by atoms with Gasteiger partial charge in [-0.25, -0.2) is 9.69 Å². The lowest BCUT2D eigenvalue weighted by Gasteiger charge is -2.26. The van der Waals surface area contributed by atoms with Gasteiger partial charge in [-0.15, -0.1) is 0 Å². The van der Waals surface area contributed by atoms with Gasteiger partial charge in [0.15, 0.2) is 0 Å². The lowest BCUT2D eigenvalue weighted by molar-refractivity contribution is -0.130. The quantitative estimate of drug-likeness (QED) is 0.410. The Morgan fingerprint density at radius 2 is 1.71 bits per heavy atom. The van der Waals surface area contributed by atoms with Crippen molar-refractivity contribution in [3.05, 3.63) is 101 Å². The maximum atomic E-state index is 13.5. The van der Waals surface area contributed by atoms with E-state index in [9.17, 15) is 9.59 Å². The van der Waals surface area contributed by atoms with Crippen LogP contribution in [0.4, 0.5) is 4.79 Å². The summed E-state index contributed by atoms with van der Waals surface area (Å²) in [5.74, 6) is 0.362. The normalized spacial score (nSPS) is 16.4. The zero-order valence-electron chi connectivity index (χ0n) is 19.9. The lowest BCUT2D eigenvalue weighted by Crippen LogP contribution is -2.42. The summed E-state index contributed by atoms with van der Waals surface area (Å²) in [6.45, 7) is 6.70. The number of amides is 2. The summed E-state index contributed by atoms with van der Waals surface area (Å²) >= 11 is 0. The van der Waals surface area contributed by atoms with Crippen LogP contribution in [0.5, 0.6) is 5.75 Å². The second-order valence-corrected chi connectivity index (χ2v) is 9.13. The molecule has 1 aliphatic rings. The van der Waals surface area contributed by atoms with Crippen molar-refractivity contribution in [2.75, 3.05) is 6.61 Å². The first-order valence-electron chi connectivity index (χ1n) is 11.7. The highest BCUT2D eigenvalue weighted by molar-refractivity contribution is 5.94. The van der Waals surface area contributed by atoms with Crippen LogP contribution in [0.25, 0.3) is 0 Å². The van der Waals surface area contributed by atoms with Gasteiger partial charge in [0, 0.05) is 17.9 Å². The monoisotopic (exact) mass is 457 g/mol. The molecule has 3 aromatic carbocycles. The Kier molecular flexibility index (Phi) is 7.31. The number of carbonyl (C=O) groups is 2. The SMILES string of the molecule is Cc1ccc(OCc2ccccc2)c([C@H](CC(=O)N2C(=O)OC[C@H]2C(C)C)c2ccccc2)c1. The van der Waals surface area contributed by atoms with E-state index in [2.05, 4.69) is 6.07 Å². The van der Waals surface area contributed by atoms with Gasteiger partial charge in [0.2, 0.25) is 5.91 Å². The summed E-state index contributed by atoms with van der Waals surface area (Å²) < 4.78 is 11.5. The van der Waals surface area contributed by atoms with Gasteiger partial charge in [-0.2, -0.15) is 0 Å². The Morgan fingerprint density at radius 1 is 1.03 bits per heavy atom. The molecule has 1 fully saturated rings. The number of nitrogens with zero attached hydrogens (tertiary/aromatic N) is 1. The summed E-state index contributed by atoms with van der Waals surface area (Å²) in [4.78, 5) is 27.2. The molecular formula is C29H31NO4. The molecule has 176 valence electrons. The molecule has 0 bridgehead atoms. The van der Waals surface area contributed by atoms with E-state index in [-0.39, 0.29) is 36.8 Å². The number of ether oxygens (including phenoxy) is 2. The molecule has 5 heteroatoms.